The summed E-state index contributed by atoms with van der Waals surface area (Å²) in [4.78, 5) is 8.73. The van der Waals surface area contributed by atoms with Crippen LogP contribution in [0.25, 0.3) is 22.0 Å². The van der Waals surface area contributed by atoms with Crippen LogP contribution in [0.2, 0.25) is 5.02 Å². The van der Waals surface area contributed by atoms with Crippen molar-refractivity contribution in [3.8, 4) is 16.9 Å². The van der Waals surface area contributed by atoms with Gasteiger partial charge in [-0.1, -0.05) is 48.0 Å². The first kappa shape index (κ1) is 21.5. The van der Waals surface area contributed by atoms with Gasteiger partial charge in [0.05, 0.1) is 34.3 Å². The lowest BCUT2D eigenvalue weighted by Gasteiger charge is -2.21. The second kappa shape index (κ2) is 8.64. The molecule has 7 heteroatoms. The van der Waals surface area contributed by atoms with Gasteiger partial charge < -0.3 is 5.11 Å². The summed E-state index contributed by atoms with van der Waals surface area (Å²) in [6.45, 7) is 0. The molecule has 0 amide bonds. The average molecular weight is 483 g/mol. The van der Waals surface area contributed by atoms with Crippen LogP contribution in [0.5, 0.6) is 5.75 Å². The number of pyridine rings is 1. The Balaban J connectivity index is 1.31. The summed E-state index contributed by atoms with van der Waals surface area (Å²) in [7, 11) is 0. The fourth-order valence-electron chi connectivity index (χ4n) is 4.61. The van der Waals surface area contributed by atoms with E-state index in [0.717, 1.165) is 57.5 Å². The predicted octanol–water partition coefficient (Wildman–Crippen LogP) is 6.76. The van der Waals surface area contributed by atoms with Crippen molar-refractivity contribution in [1.29, 1.82) is 0 Å². The number of rotatable bonds is 4. The highest BCUT2D eigenvalue weighted by Gasteiger charge is 2.21. The molecule has 1 atom stereocenters. The van der Waals surface area contributed by atoms with Crippen LogP contribution in [0.4, 0.5) is 10.1 Å². The zero-order valence-electron chi connectivity index (χ0n) is 18.5. The lowest BCUT2D eigenvalue weighted by Crippen LogP contribution is -2.09. The second-order valence-electron chi connectivity index (χ2n) is 8.77. The van der Waals surface area contributed by atoms with E-state index < -0.39 is 5.82 Å². The molecule has 1 aliphatic rings. The molecule has 3 aromatic carbocycles. The van der Waals surface area contributed by atoms with Gasteiger partial charge in [0.25, 0.3) is 0 Å². The third kappa shape index (κ3) is 4.17. The van der Waals surface area contributed by atoms with Crippen molar-refractivity contribution in [1.82, 2.24) is 15.2 Å². The fourth-order valence-corrected chi connectivity index (χ4v) is 4.90. The summed E-state index contributed by atoms with van der Waals surface area (Å²) in [5.74, 6) is -0.570. The Labute approximate surface area is 206 Å². The Morgan fingerprint density at radius 2 is 1.94 bits per heavy atom. The Hall–Kier alpha value is -4.03. The number of nitrogens with zero attached hydrogens (tertiary/aromatic N) is 3. The van der Waals surface area contributed by atoms with Crippen LogP contribution in [0.1, 0.15) is 28.3 Å². The van der Waals surface area contributed by atoms with Gasteiger partial charge in [-0.05, 0) is 52.4 Å². The maximum atomic E-state index is 13.3. The van der Waals surface area contributed by atoms with Gasteiger partial charge in [-0.3, -0.25) is 15.1 Å². The van der Waals surface area contributed by atoms with E-state index in [2.05, 4.69) is 39.4 Å². The quantitative estimate of drug-likeness (QED) is 0.297. The van der Waals surface area contributed by atoms with Crippen LogP contribution >= 0.6 is 11.6 Å². The highest BCUT2D eigenvalue weighted by Crippen LogP contribution is 2.40. The molecule has 0 bridgehead atoms. The van der Waals surface area contributed by atoms with Crippen LogP contribution in [-0.4, -0.2) is 26.5 Å². The number of halogens is 2. The largest absolute Gasteiger partial charge is 0.506 e. The van der Waals surface area contributed by atoms with Crippen molar-refractivity contribution in [2.45, 2.75) is 18.8 Å². The monoisotopic (exact) mass is 482 g/mol. The normalized spacial score (nSPS) is 14.9. The number of benzene rings is 3. The van der Waals surface area contributed by atoms with Crippen molar-refractivity contribution < 1.29 is 9.50 Å². The number of H-pyrrole nitrogens is 1. The first-order chi connectivity index (χ1) is 17.0. The Morgan fingerprint density at radius 1 is 1.03 bits per heavy atom. The van der Waals surface area contributed by atoms with Crippen LogP contribution in [0.3, 0.4) is 0 Å². The third-order valence-corrected chi connectivity index (χ3v) is 6.69. The summed E-state index contributed by atoms with van der Waals surface area (Å²) < 4.78 is 13.3. The number of aromatic amines is 1. The molecular formula is C28H20ClFN4O. The molecule has 2 N–H and O–H groups in total. The zero-order valence-corrected chi connectivity index (χ0v) is 19.3. The maximum Gasteiger partial charge on any atom is 0.145 e. The molecule has 0 spiro atoms. The van der Waals surface area contributed by atoms with Crippen molar-refractivity contribution in [2.75, 3.05) is 0 Å². The summed E-state index contributed by atoms with van der Waals surface area (Å²) in [5.41, 5.74) is 7.45. The van der Waals surface area contributed by atoms with Gasteiger partial charge in [-0.25, -0.2) is 4.39 Å². The number of aromatic hydroxyl groups is 1. The minimum Gasteiger partial charge on any atom is -0.506 e. The Bertz CT molecular complexity index is 1610. The smallest absolute Gasteiger partial charge is 0.145 e. The van der Waals surface area contributed by atoms with Crippen LogP contribution in [0, 0.1) is 5.82 Å². The van der Waals surface area contributed by atoms with Gasteiger partial charge in [0.1, 0.15) is 11.6 Å². The Kier molecular flexibility index (Phi) is 5.30. The van der Waals surface area contributed by atoms with Gasteiger partial charge in [0, 0.05) is 30.0 Å². The van der Waals surface area contributed by atoms with Gasteiger partial charge in [-0.15, -0.1) is 0 Å². The third-order valence-electron chi connectivity index (χ3n) is 6.41. The van der Waals surface area contributed by atoms with Gasteiger partial charge in [0.2, 0.25) is 0 Å². The molecular weight excluding hydrogens is 463 g/mol. The Morgan fingerprint density at radius 3 is 2.83 bits per heavy atom. The first-order valence-corrected chi connectivity index (χ1v) is 11.6. The van der Waals surface area contributed by atoms with E-state index in [-0.39, 0.29) is 11.7 Å². The topological polar surface area (TPSA) is 74.2 Å². The molecule has 35 heavy (non-hydrogen) atoms. The van der Waals surface area contributed by atoms with Crippen LogP contribution in [-0.2, 0) is 12.8 Å². The number of nitrogens with one attached hydrogen (secondary N) is 1. The van der Waals surface area contributed by atoms with E-state index in [1.54, 1.807) is 0 Å². The summed E-state index contributed by atoms with van der Waals surface area (Å²) >= 11 is 6.65. The summed E-state index contributed by atoms with van der Waals surface area (Å²) in [5, 5.41) is 18.9. The molecule has 172 valence electrons. The van der Waals surface area contributed by atoms with Crippen molar-refractivity contribution >= 4 is 34.4 Å². The lowest BCUT2D eigenvalue weighted by molar-refractivity contribution is 0.458. The standard InChI is InChI=1S/C28H20ClFN4O/c29-24-10-20(17-3-1-2-16(6-17)7-26-27(35)12-23(30)15-31-26)8-21-9-22(13-32-28(21)24)18-4-5-19-14-33-34-25(19)11-18/h1-6,8,10-15,22,35H,7,9H2,(H,33,34)/t22-/m1/s1. The lowest BCUT2D eigenvalue weighted by atomic mass is 9.88. The maximum absolute atomic E-state index is 13.3. The first-order valence-electron chi connectivity index (χ1n) is 11.3. The van der Waals surface area contributed by atoms with Crippen LogP contribution < -0.4 is 0 Å². The van der Waals surface area contributed by atoms with Crippen LogP contribution in [0.15, 0.2) is 78.0 Å². The second-order valence-corrected chi connectivity index (χ2v) is 9.17. The van der Waals surface area contributed by atoms with Gasteiger partial charge in [0.15, 0.2) is 0 Å². The molecule has 3 heterocycles. The molecule has 0 fully saturated rings. The fraction of sp³-hybridized carbons (Fsp3) is 0.107. The highest BCUT2D eigenvalue weighted by molar-refractivity contribution is 6.33. The number of aliphatic imine (C=N–C) groups is 1. The van der Waals surface area contributed by atoms with Crippen molar-refractivity contribution in [3.63, 3.8) is 0 Å². The molecule has 0 saturated heterocycles. The SMILES string of the molecule is Oc1cc(F)cnc1Cc1cccc(-c2cc(Cl)c3c(c2)C[C@@H](c2ccc4cn[nH]c4c2)C=N3)c1. The number of hydrogen-bond acceptors (Lipinski definition) is 4. The molecule has 1 aliphatic heterocycles. The summed E-state index contributed by atoms with van der Waals surface area (Å²) in [6, 6.07) is 19.4. The molecule has 6 rings (SSSR count). The number of fused-ring (bicyclic) bond motifs is 2. The zero-order chi connectivity index (χ0) is 23.9. The molecule has 0 saturated carbocycles. The highest BCUT2D eigenvalue weighted by atomic mass is 35.5. The van der Waals surface area contributed by atoms with Crippen molar-refractivity contribution in [2.24, 2.45) is 4.99 Å². The van der Waals surface area contributed by atoms with E-state index in [9.17, 15) is 9.50 Å². The van der Waals surface area contributed by atoms with E-state index in [1.165, 1.54) is 5.56 Å². The minimum absolute atomic E-state index is 0.139. The van der Waals surface area contributed by atoms with E-state index >= 15 is 0 Å². The van der Waals surface area contributed by atoms with Gasteiger partial charge in [-0.2, -0.15) is 5.10 Å². The minimum atomic E-state index is -0.561. The molecule has 5 aromatic rings. The van der Waals surface area contributed by atoms with E-state index in [1.807, 2.05) is 42.7 Å². The molecule has 0 aliphatic carbocycles. The molecule has 0 radical (unpaired) electrons. The number of aromatic nitrogens is 3. The molecule has 0 unspecified atom stereocenters. The van der Waals surface area contributed by atoms with E-state index in [0.29, 0.717) is 17.1 Å². The molecule has 5 nitrogen and oxygen atoms in total. The number of hydrogen-bond donors (Lipinski definition) is 2. The van der Waals surface area contributed by atoms with Gasteiger partial charge >= 0.3 is 0 Å². The average Bonchev–Trinajstić information content (AvgIpc) is 3.34. The predicted molar refractivity (Wildman–Crippen MR) is 136 cm³/mol. The van der Waals surface area contributed by atoms with Crippen molar-refractivity contribution in [3.05, 3.63) is 106 Å². The summed E-state index contributed by atoms with van der Waals surface area (Å²) in [6.07, 6.45) is 6.08. The molecule has 2 aromatic heterocycles. The van der Waals surface area contributed by atoms with E-state index in [4.69, 9.17) is 16.6 Å².